The first-order chi connectivity index (χ1) is 8.08. The van der Waals surface area contributed by atoms with Crippen LogP contribution >= 0.6 is 0 Å². The second-order valence-corrected chi connectivity index (χ2v) is 4.60. The van der Waals surface area contributed by atoms with E-state index in [4.69, 9.17) is 11.5 Å². The van der Waals surface area contributed by atoms with Crippen LogP contribution in [0.4, 0.5) is 0 Å². The molecule has 1 aliphatic carbocycles. The average Bonchev–Trinajstić information content (AvgIpc) is 3.07. The Kier molecular flexibility index (Phi) is 3.13. The third kappa shape index (κ3) is 2.84. The molecule has 1 saturated carbocycles. The molecule has 0 bridgehead atoms. The van der Waals surface area contributed by atoms with Crippen LogP contribution in [-0.2, 0) is 0 Å². The Hall–Kier alpha value is -1.84. The Balaban J connectivity index is 2.42. The van der Waals surface area contributed by atoms with Gasteiger partial charge in [0.05, 0.1) is 5.71 Å². The third-order valence-corrected chi connectivity index (χ3v) is 2.91. The summed E-state index contributed by atoms with van der Waals surface area (Å²) in [6, 6.07) is 6.36. The molecular formula is C13H18N4. The summed E-state index contributed by atoms with van der Waals surface area (Å²) in [5, 5.41) is 8.01. The van der Waals surface area contributed by atoms with Gasteiger partial charge in [0.1, 0.15) is 0 Å². The molecule has 90 valence electrons. The van der Waals surface area contributed by atoms with Gasteiger partial charge in [-0.05, 0) is 38.3 Å². The van der Waals surface area contributed by atoms with Gasteiger partial charge in [-0.3, -0.25) is 0 Å². The van der Waals surface area contributed by atoms with E-state index in [1.165, 1.54) is 24.0 Å². The molecule has 0 amide bonds. The molecule has 0 unspecified atom stereocenters. The highest BCUT2D eigenvalue weighted by atomic mass is 15.3. The maximum absolute atomic E-state index is 5.33. The lowest BCUT2D eigenvalue weighted by molar-refractivity contribution is 1.10. The van der Waals surface area contributed by atoms with Crippen molar-refractivity contribution in [2.24, 2.45) is 27.6 Å². The molecule has 4 heteroatoms. The Morgan fingerprint density at radius 3 is 2.47 bits per heavy atom. The predicted molar refractivity (Wildman–Crippen MR) is 71.0 cm³/mol. The maximum atomic E-state index is 5.33. The van der Waals surface area contributed by atoms with Gasteiger partial charge in [0.2, 0.25) is 5.96 Å². The highest BCUT2D eigenvalue weighted by Gasteiger charge is 2.29. The van der Waals surface area contributed by atoms with Gasteiger partial charge in [-0.15, -0.1) is 5.10 Å². The van der Waals surface area contributed by atoms with Gasteiger partial charge in [0.15, 0.2) is 0 Å². The molecule has 0 atom stereocenters. The van der Waals surface area contributed by atoms with Crippen LogP contribution in [0.2, 0.25) is 0 Å². The maximum Gasteiger partial charge on any atom is 0.211 e. The largest absolute Gasteiger partial charge is 0.369 e. The van der Waals surface area contributed by atoms with Gasteiger partial charge in [0.25, 0.3) is 0 Å². The van der Waals surface area contributed by atoms with E-state index in [-0.39, 0.29) is 5.96 Å². The Morgan fingerprint density at radius 2 is 1.88 bits per heavy atom. The lowest BCUT2D eigenvalue weighted by Gasteiger charge is -2.08. The molecule has 4 nitrogen and oxygen atoms in total. The lowest BCUT2D eigenvalue weighted by Crippen LogP contribution is -2.22. The molecule has 1 aliphatic rings. The number of nitrogens with zero attached hydrogens (tertiary/aromatic N) is 2. The number of benzene rings is 1. The SMILES string of the molecule is Cc1ccc(C)c(/C(=N/N=C(N)N)C2CC2)c1. The number of guanidine groups is 1. The first-order valence-electron chi connectivity index (χ1n) is 5.82. The Morgan fingerprint density at radius 1 is 1.18 bits per heavy atom. The van der Waals surface area contributed by atoms with Crippen LogP contribution in [-0.4, -0.2) is 11.7 Å². The summed E-state index contributed by atoms with van der Waals surface area (Å²) in [5.41, 5.74) is 15.3. The van der Waals surface area contributed by atoms with Crippen molar-refractivity contribution in [3.05, 3.63) is 34.9 Å². The van der Waals surface area contributed by atoms with Crippen LogP contribution in [0.3, 0.4) is 0 Å². The molecule has 4 N–H and O–H groups in total. The fraction of sp³-hybridized carbons (Fsp3) is 0.385. The van der Waals surface area contributed by atoms with Gasteiger partial charge >= 0.3 is 0 Å². The van der Waals surface area contributed by atoms with Crippen LogP contribution in [0.15, 0.2) is 28.4 Å². The molecule has 17 heavy (non-hydrogen) atoms. The molecule has 0 heterocycles. The number of hydrogen-bond acceptors (Lipinski definition) is 2. The van der Waals surface area contributed by atoms with Crippen molar-refractivity contribution in [3.63, 3.8) is 0 Å². The van der Waals surface area contributed by atoms with Crippen molar-refractivity contribution in [1.82, 2.24) is 0 Å². The molecule has 0 aliphatic heterocycles. The third-order valence-electron chi connectivity index (χ3n) is 2.91. The number of aryl methyl sites for hydroxylation is 2. The zero-order valence-corrected chi connectivity index (χ0v) is 10.3. The van der Waals surface area contributed by atoms with Crippen LogP contribution < -0.4 is 11.5 Å². The van der Waals surface area contributed by atoms with E-state index in [0.29, 0.717) is 5.92 Å². The molecule has 1 fully saturated rings. The zero-order chi connectivity index (χ0) is 12.4. The standard InChI is InChI=1S/C13H18N4/c1-8-3-4-9(2)11(7-8)12(10-5-6-10)16-17-13(14)15/h3-4,7,10H,5-6H2,1-2H3,(H4,14,15,17)/b16-12+. The fourth-order valence-electron chi connectivity index (χ4n) is 1.84. The smallest absolute Gasteiger partial charge is 0.211 e. The summed E-state index contributed by atoms with van der Waals surface area (Å²) < 4.78 is 0. The number of nitrogens with two attached hydrogens (primary N) is 2. The van der Waals surface area contributed by atoms with E-state index < -0.39 is 0 Å². The van der Waals surface area contributed by atoms with Crippen LogP contribution in [0.5, 0.6) is 0 Å². The van der Waals surface area contributed by atoms with Crippen molar-refractivity contribution in [2.75, 3.05) is 0 Å². The van der Waals surface area contributed by atoms with Gasteiger partial charge in [-0.2, -0.15) is 5.10 Å². The zero-order valence-electron chi connectivity index (χ0n) is 10.3. The van der Waals surface area contributed by atoms with E-state index in [9.17, 15) is 0 Å². The van der Waals surface area contributed by atoms with Crippen LogP contribution in [0.25, 0.3) is 0 Å². The Labute approximate surface area is 101 Å². The minimum atomic E-state index is 0.00783. The first-order valence-corrected chi connectivity index (χ1v) is 5.82. The van der Waals surface area contributed by atoms with E-state index in [1.807, 2.05) is 0 Å². The van der Waals surface area contributed by atoms with Crippen molar-refractivity contribution < 1.29 is 0 Å². The van der Waals surface area contributed by atoms with Crippen molar-refractivity contribution in [3.8, 4) is 0 Å². The molecule has 1 aromatic carbocycles. The van der Waals surface area contributed by atoms with E-state index in [2.05, 4.69) is 42.2 Å². The van der Waals surface area contributed by atoms with E-state index in [0.717, 1.165) is 11.3 Å². The summed E-state index contributed by atoms with van der Waals surface area (Å²) in [6.45, 7) is 4.16. The van der Waals surface area contributed by atoms with E-state index >= 15 is 0 Å². The normalized spacial score (nSPS) is 15.8. The molecule has 0 saturated heterocycles. The lowest BCUT2D eigenvalue weighted by atomic mass is 9.99. The minimum Gasteiger partial charge on any atom is -0.369 e. The molecule has 0 aromatic heterocycles. The topological polar surface area (TPSA) is 76.8 Å². The van der Waals surface area contributed by atoms with Gasteiger partial charge in [0, 0.05) is 11.5 Å². The molecule has 2 rings (SSSR count). The van der Waals surface area contributed by atoms with Crippen molar-refractivity contribution in [2.45, 2.75) is 26.7 Å². The van der Waals surface area contributed by atoms with Crippen LogP contribution in [0.1, 0.15) is 29.5 Å². The summed E-state index contributed by atoms with van der Waals surface area (Å²) >= 11 is 0. The van der Waals surface area contributed by atoms with Crippen LogP contribution in [0, 0.1) is 19.8 Å². The van der Waals surface area contributed by atoms with Crippen molar-refractivity contribution in [1.29, 1.82) is 0 Å². The van der Waals surface area contributed by atoms with Crippen molar-refractivity contribution >= 4 is 11.7 Å². The van der Waals surface area contributed by atoms with Gasteiger partial charge < -0.3 is 11.5 Å². The molecule has 0 radical (unpaired) electrons. The summed E-state index contributed by atoms with van der Waals surface area (Å²) in [6.07, 6.45) is 2.35. The molecule has 1 aromatic rings. The minimum absolute atomic E-state index is 0.00783. The highest BCUT2D eigenvalue weighted by Crippen LogP contribution is 2.34. The number of rotatable bonds is 3. The van der Waals surface area contributed by atoms with Gasteiger partial charge in [-0.25, -0.2) is 0 Å². The monoisotopic (exact) mass is 230 g/mol. The highest BCUT2D eigenvalue weighted by molar-refractivity contribution is 6.05. The summed E-state index contributed by atoms with van der Waals surface area (Å²) in [7, 11) is 0. The Bertz CT molecular complexity index is 480. The number of hydrogen-bond donors (Lipinski definition) is 2. The molecule has 0 spiro atoms. The fourth-order valence-corrected chi connectivity index (χ4v) is 1.84. The quantitative estimate of drug-likeness (QED) is 0.471. The summed E-state index contributed by atoms with van der Waals surface area (Å²) in [4.78, 5) is 0. The predicted octanol–water partition coefficient (Wildman–Crippen LogP) is 1.69. The first kappa shape index (κ1) is 11.6. The summed E-state index contributed by atoms with van der Waals surface area (Å²) in [5.74, 6) is 0.520. The average molecular weight is 230 g/mol. The second-order valence-electron chi connectivity index (χ2n) is 4.60. The second kappa shape index (κ2) is 4.57. The van der Waals surface area contributed by atoms with Gasteiger partial charge in [-0.1, -0.05) is 17.7 Å². The van der Waals surface area contributed by atoms with E-state index in [1.54, 1.807) is 0 Å². The molecular weight excluding hydrogens is 212 g/mol.